The predicted molar refractivity (Wildman–Crippen MR) is 92.4 cm³/mol. The van der Waals surface area contributed by atoms with E-state index in [-0.39, 0.29) is 25.2 Å². The molecule has 0 aliphatic rings. The molecular formula is C14H5Br2ClF7NOS. The summed E-state index contributed by atoms with van der Waals surface area (Å²) in [6.45, 7) is 0. The van der Waals surface area contributed by atoms with Gasteiger partial charge in [-0.3, -0.25) is 0 Å². The summed E-state index contributed by atoms with van der Waals surface area (Å²) in [4.78, 5) is 2.70. The second kappa shape index (κ2) is 7.60. The molecule has 0 N–H and O–H groups in total. The van der Waals surface area contributed by atoms with E-state index in [4.69, 9.17) is 11.6 Å². The summed E-state index contributed by atoms with van der Waals surface area (Å²) >= 11 is 11.7. The van der Waals surface area contributed by atoms with Crippen molar-refractivity contribution in [2.45, 2.75) is 22.2 Å². The van der Waals surface area contributed by atoms with Crippen molar-refractivity contribution in [3.8, 4) is 11.1 Å². The van der Waals surface area contributed by atoms with Crippen LogP contribution in [-0.4, -0.2) is 26.5 Å². The Hall–Kier alpha value is -0.720. The number of aromatic nitrogens is 1. The van der Waals surface area contributed by atoms with Crippen LogP contribution in [0.25, 0.3) is 11.1 Å². The molecule has 2 nitrogen and oxygen atoms in total. The van der Waals surface area contributed by atoms with Gasteiger partial charge in [-0.25, -0.2) is 9.19 Å². The van der Waals surface area contributed by atoms with Crippen LogP contribution >= 0.6 is 43.5 Å². The average molecular weight is 564 g/mol. The van der Waals surface area contributed by atoms with Gasteiger partial charge in [0.1, 0.15) is 16.0 Å². The Balaban J connectivity index is 2.76. The molecule has 0 fully saturated rings. The minimum absolute atomic E-state index is 0.00705. The number of benzene rings is 1. The SMILES string of the molecule is O=S(c1cc(Br)cc(Br)c1-c1cccnc1Cl)C(F)(F)C(F)(F)C(F)(F)F. The van der Waals surface area contributed by atoms with Crippen LogP contribution in [0.4, 0.5) is 30.7 Å². The van der Waals surface area contributed by atoms with Gasteiger partial charge in [-0.1, -0.05) is 43.5 Å². The predicted octanol–water partition coefficient (Wildman–Crippen LogP) is 6.83. The zero-order chi connectivity index (χ0) is 20.8. The molecule has 1 unspecified atom stereocenters. The lowest BCUT2D eigenvalue weighted by molar-refractivity contribution is -0.331. The minimum atomic E-state index is -6.61. The number of pyridine rings is 1. The highest BCUT2D eigenvalue weighted by atomic mass is 79.9. The Morgan fingerprint density at radius 3 is 2.15 bits per heavy atom. The summed E-state index contributed by atoms with van der Waals surface area (Å²) in [7, 11) is -4.10. The lowest BCUT2D eigenvalue weighted by Gasteiger charge is -2.28. The smallest absolute Gasteiger partial charge is 0.248 e. The van der Waals surface area contributed by atoms with Crippen LogP contribution in [0.3, 0.4) is 0 Å². The van der Waals surface area contributed by atoms with Gasteiger partial charge in [0.15, 0.2) is 0 Å². The van der Waals surface area contributed by atoms with Gasteiger partial charge in [0.2, 0.25) is 0 Å². The molecule has 0 amide bonds. The van der Waals surface area contributed by atoms with E-state index in [1.165, 1.54) is 24.4 Å². The van der Waals surface area contributed by atoms with E-state index >= 15 is 0 Å². The Morgan fingerprint density at radius 2 is 1.63 bits per heavy atom. The molecule has 0 bridgehead atoms. The fourth-order valence-electron chi connectivity index (χ4n) is 1.95. The first kappa shape index (κ1) is 22.6. The summed E-state index contributed by atoms with van der Waals surface area (Å²) in [6.07, 6.45) is -5.37. The molecule has 1 atom stereocenters. The highest BCUT2D eigenvalue weighted by Crippen LogP contribution is 2.51. The Bertz CT molecular complexity index is 908. The molecule has 2 aromatic rings. The molecule has 27 heavy (non-hydrogen) atoms. The number of hydrogen-bond acceptors (Lipinski definition) is 2. The summed E-state index contributed by atoms with van der Waals surface area (Å²) in [5.41, 5.74) is -0.444. The molecule has 148 valence electrons. The Morgan fingerprint density at radius 1 is 1.04 bits per heavy atom. The second-order valence-electron chi connectivity index (χ2n) is 4.96. The summed E-state index contributed by atoms with van der Waals surface area (Å²) < 4.78 is 104. The van der Waals surface area contributed by atoms with Crippen LogP contribution < -0.4 is 0 Å². The molecule has 0 saturated carbocycles. The monoisotopic (exact) mass is 561 g/mol. The van der Waals surface area contributed by atoms with Crippen molar-refractivity contribution < 1.29 is 34.9 Å². The Labute approximate surface area is 171 Å². The lowest BCUT2D eigenvalue weighted by Crippen LogP contribution is -2.54. The first-order valence-electron chi connectivity index (χ1n) is 6.56. The van der Waals surface area contributed by atoms with Gasteiger partial charge in [-0.05, 0) is 24.3 Å². The van der Waals surface area contributed by atoms with E-state index in [9.17, 15) is 34.9 Å². The van der Waals surface area contributed by atoms with Gasteiger partial charge >= 0.3 is 17.4 Å². The first-order valence-corrected chi connectivity index (χ1v) is 9.67. The topological polar surface area (TPSA) is 30.0 Å². The molecule has 0 saturated heterocycles. The van der Waals surface area contributed by atoms with E-state index < -0.39 is 33.0 Å². The van der Waals surface area contributed by atoms with Gasteiger partial charge in [0.25, 0.3) is 0 Å². The third-order valence-electron chi connectivity index (χ3n) is 3.20. The van der Waals surface area contributed by atoms with Crippen LogP contribution in [-0.2, 0) is 10.8 Å². The van der Waals surface area contributed by atoms with Crippen LogP contribution in [0, 0.1) is 0 Å². The zero-order valence-electron chi connectivity index (χ0n) is 12.4. The molecule has 13 heteroatoms. The second-order valence-corrected chi connectivity index (χ2v) is 8.58. The van der Waals surface area contributed by atoms with Gasteiger partial charge in [0.05, 0.1) is 4.90 Å². The Kier molecular flexibility index (Phi) is 6.35. The lowest BCUT2D eigenvalue weighted by atomic mass is 10.1. The van der Waals surface area contributed by atoms with E-state index in [0.717, 1.165) is 6.07 Å². The molecule has 0 aliphatic heterocycles. The molecule has 0 radical (unpaired) electrons. The van der Waals surface area contributed by atoms with Crippen molar-refractivity contribution >= 4 is 54.3 Å². The van der Waals surface area contributed by atoms with Crippen LogP contribution in [0.1, 0.15) is 0 Å². The number of halogens is 10. The summed E-state index contributed by atoms with van der Waals surface area (Å²) in [6, 6.07) is 4.62. The first-order chi connectivity index (χ1) is 12.2. The molecule has 0 aliphatic carbocycles. The van der Waals surface area contributed by atoms with Crippen molar-refractivity contribution in [2.24, 2.45) is 0 Å². The van der Waals surface area contributed by atoms with Gasteiger partial charge in [-0.15, -0.1) is 0 Å². The van der Waals surface area contributed by atoms with Crippen molar-refractivity contribution in [2.75, 3.05) is 0 Å². The quantitative estimate of drug-likeness (QED) is 0.302. The van der Waals surface area contributed by atoms with Crippen molar-refractivity contribution in [3.63, 3.8) is 0 Å². The molecule has 1 heterocycles. The number of nitrogens with zero attached hydrogens (tertiary/aromatic N) is 1. The molecule has 1 aromatic heterocycles. The maximum atomic E-state index is 14.0. The fourth-order valence-corrected chi connectivity index (χ4v) is 5.15. The number of rotatable bonds is 4. The minimum Gasteiger partial charge on any atom is -0.248 e. The molecule has 0 spiro atoms. The average Bonchev–Trinajstić information content (AvgIpc) is 2.53. The normalized spacial score (nSPS) is 14.3. The zero-order valence-corrected chi connectivity index (χ0v) is 17.2. The van der Waals surface area contributed by atoms with Crippen LogP contribution in [0.15, 0.2) is 44.3 Å². The van der Waals surface area contributed by atoms with E-state index in [0.29, 0.717) is 0 Å². The summed E-state index contributed by atoms with van der Waals surface area (Å²) in [5.74, 6) is -6.53. The van der Waals surface area contributed by atoms with Gasteiger partial charge < -0.3 is 0 Å². The third kappa shape index (κ3) is 4.03. The summed E-state index contributed by atoms with van der Waals surface area (Å²) in [5, 5.41) is -6.21. The van der Waals surface area contributed by atoms with Crippen molar-refractivity contribution in [1.29, 1.82) is 0 Å². The van der Waals surface area contributed by atoms with Gasteiger partial charge in [-0.2, -0.15) is 30.7 Å². The molecular weight excluding hydrogens is 558 g/mol. The molecule has 1 aromatic carbocycles. The van der Waals surface area contributed by atoms with E-state index in [1.54, 1.807) is 0 Å². The van der Waals surface area contributed by atoms with Crippen molar-refractivity contribution in [3.05, 3.63) is 44.6 Å². The number of alkyl halides is 7. The van der Waals surface area contributed by atoms with Crippen LogP contribution in [0.5, 0.6) is 0 Å². The van der Waals surface area contributed by atoms with Gasteiger partial charge in [0, 0.05) is 26.3 Å². The van der Waals surface area contributed by atoms with Crippen LogP contribution in [0.2, 0.25) is 5.15 Å². The van der Waals surface area contributed by atoms with E-state index in [1.807, 2.05) is 0 Å². The highest BCUT2D eigenvalue weighted by Gasteiger charge is 2.76. The van der Waals surface area contributed by atoms with Crippen molar-refractivity contribution in [1.82, 2.24) is 4.98 Å². The third-order valence-corrected chi connectivity index (χ3v) is 6.03. The largest absolute Gasteiger partial charge is 0.461 e. The fraction of sp³-hybridized carbons (Fsp3) is 0.214. The maximum Gasteiger partial charge on any atom is 0.461 e. The molecule has 2 rings (SSSR count). The maximum absolute atomic E-state index is 14.0. The number of hydrogen-bond donors (Lipinski definition) is 0. The highest BCUT2D eigenvalue weighted by molar-refractivity contribution is 9.11. The standard InChI is InChI=1S/C14H5Br2ClF7NOS/c15-6-4-8(16)10(7-2-1-3-25-11(7)17)9(5-6)27(26)14(23,24)12(18,19)13(20,21)22/h1-5H. The van der Waals surface area contributed by atoms with E-state index in [2.05, 4.69) is 36.8 Å².